The predicted octanol–water partition coefficient (Wildman–Crippen LogP) is 0.718. The summed E-state index contributed by atoms with van der Waals surface area (Å²) in [5, 5.41) is 3.33. The number of piperidine rings is 1. The Morgan fingerprint density at radius 3 is 2.69 bits per heavy atom. The zero-order chi connectivity index (χ0) is 20.0. The van der Waals surface area contributed by atoms with Gasteiger partial charge in [0.05, 0.1) is 18.3 Å². The number of carbonyl (C=O) groups excluding carboxylic acids is 2. The van der Waals surface area contributed by atoms with Crippen LogP contribution in [0.2, 0.25) is 0 Å². The smallest absolute Gasteiger partial charge is 0.243 e. The lowest BCUT2D eigenvalue weighted by molar-refractivity contribution is -0.135. The highest BCUT2D eigenvalue weighted by Crippen LogP contribution is 2.35. The molecule has 158 valence electrons. The number of aromatic amines is 1. The summed E-state index contributed by atoms with van der Waals surface area (Å²) in [4.78, 5) is 40.2. The molecule has 0 aromatic carbocycles. The summed E-state index contributed by atoms with van der Waals surface area (Å²) in [5.74, 6) is 0.210. The number of aromatic nitrogens is 2. The number of nitrogens with one attached hydrogen (secondary N) is 2. The lowest BCUT2D eigenvalue weighted by Gasteiger charge is -2.41. The maximum Gasteiger partial charge on any atom is 0.243 e. The number of likely N-dealkylation sites (tertiary alicyclic amines) is 1. The maximum atomic E-state index is 13.2. The minimum atomic E-state index is -0.377. The summed E-state index contributed by atoms with van der Waals surface area (Å²) in [6, 6.07) is 0.648. The Labute approximate surface area is 172 Å². The molecule has 4 aliphatic rings. The van der Waals surface area contributed by atoms with Crippen molar-refractivity contribution in [1.82, 2.24) is 30.0 Å². The number of imidazole rings is 1. The summed E-state index contributed by atoms with van der Waals surface area (Å²) in [5.41, 5.74) is 0.724. The molecule has 3 aliphatic heterocycles. The van der Waals surface area contributed by atoms with Gasteiger partial charge < -0.3 is 15.2 Å². The average molecular weight is 401 g/mol. The Bertz CT molecular complexity index is 725. The molecule has 1 aliphatic carbocycles. The standard InChI is InChI=1S/C21H32N6O2/c1-25(16-3-2-4-16)17-9-18-20(29)24-21(10-19(28)27(18)13-17)5-7-26(8-6-21)12-15-11-22-14-23-15/h11,14,16-18H,2-10,12-13H2,1H3,(H,22,23)(H,24,29)/t17-,18-/m0/s1. The van der Waals surface area contributed by atoms with Crippen LogP contribution in [0.15, 0.2) is 12.5 Å². The molecule has 1 saturated carbocycles. The number of likely N-dealkylation sites (N-methyl/N-ethyl adjacent to an activating group) is 1. The fourth-order valence-corrected chi connectivity index (χ4v) is 5.56. The van der Waals surface area contributed by atoms with Crippen molar-refractivity contribution in [3.8, 4) is 0 Å². The molecular formula is C21H32N6O2. The Morgan fingerprint density at radius 1 is 1.24 bits per heavy atom. The number of fused-ring (bicyclic) bond motifs is 1. The van der Waals surface area contributed by atoms with Crippen molar-refractivity contribution in [3.05, 3.63) is 18.2 Å². The second-order valence-electron chi connectivity index (χ2n) is 9.50. The first-order valence-electron chi connectivity index (χ1n) is 11.1. The lowest BCUT2D eigenvalue weighted by Crippen LogP contribution is -2.56. The van der Waals surface area contributed by atoms with E-state index in [0.717, 1.165) is 44.6 Å². The van der Waals surface area contributed by atoms with Crippen LogP contribution < -0.4 is 5.32 Å². The second kappa shape index (κ2) is 7.40. The van der Waals surface area contributed by atoms with Crippen LogP contribution in [-0.2, 0) is 16.1 Å². The van der Waals surface area contributed by atoms with E-state index in [1.54, 1.807) is 6.33 Å². The quantitative estimate of drug-likeness (QED) is 0.778. The summed E-state index contributed by atoms with van der Waals surface area (Å²) in [6.45, 7) is 3.29. The van der Waals surface area contributed by atoms with E-state index in [1.807, 2.05) is 11.1 Å². The molecule has 1 aromatic heterocycles. The van der Waals surface area contributed by atoms with Gasteiger partial charge in [0.1, 0.15) is 6.04 Å². The highest BCUT2D eigenvalue weighted by Gasteiger charge is 2.50. The largest absolute Gasteiger partial charge is 0.348 e. The molecule has 2 amide bonds. The van der Waals surface area contributed by atoms with Crippen LogP contribution in [0.5, 0.6) is 0 Å². The van der Waals surface area contributed by atoms with Gasteiger partial charge in [0, 0.05) is 50.2 Å². The van der Waals surface area contributed by atoms with E-state index in [4.69, 9.17) is 0 Å². The number of nitrogens with zero attached hydrogens (tertiary/aromatic N) is 4. The Morgan fingerprint density at radius 2 is 2.03 bits per heavy atom. The fourth-order valence-electron chi connectivity index (χ4n) is 5.56. The average Bonchev–Trinajstić information content (AvgIpc) is 3.30. The number of H-pyrrole nitrogens is 1. The van der Waals surface area contributed by atoms with E-state index < -0.39 is 0 Å². The fraction of sp³-hybridized carbons (Fsp3) is 0.762. The Balaban J connectivity index is 1.23. The van der Waals surface area contributed by atoms with Gasteiger partial charge >= 0.3 is 0 Å². The Kier molecular flexibility index (Phi) is 4.86. The van der Waals surface area contributed by atoms with Gasteiger partial charge in [-0.1, -0.05) is 6.42 Å². The predicted molar refractivity (Wildman–Crippen MR) is 108 cm³/mol. The highest BCUT2D eigenvalue weighted by atomic mass is 16.2. The van der Waals surface area contributed by atoms with E-state index >= 15 is 0 Å². The monoisotopic (exact) mass is 400 g/mol. The molecule has 3 saturated heterocycles. The van der Waals surface area contributed by atoms with Gasteiger partial charge in [-0.15, -0.1) is 0 Å². The number of hydrogen-bond acceptors (Lipinski definition) is 5. The van der Waals surface area contributed by atoms with Gasteiger partial charge in [-0.25, -0.2) is 4.98 Å². The van der Waals surface area contributed by atoms with Crippen molar-refractivity contribution in [2.75, 3.05) is 26.7 Å². The van der Waals surface area contributed by atoms with Crippen LogP contribution in [0.25, 0.3) is 0 Å². The topological polar surface area (TPSA) is 84.6 Å². The first kappa shape index (κ1) is 19.1. The highest BCUT2D eigenvalue weighted by molar-refractivity contribution is 5.92. The van der Waals surface area contributed by atoms with Crippen molar-refractivity contribution in [2.45, 2.75) is 75.2 Å². The first-order chi connectivity index (χ1) is 14.0. The van der Waals surface area contributed by atoms with Gasteiger partial charge in [-0.05, 0) is 39.2 Å². The molecule has 29 heavy (non-hydrogen) atoms. The summed E-state index contributed by atoms with van der Waals surface area (Å²) in [6.07, 6.45) is 10.2. The van der Waals surface area contributed by atoms with Crippen LogP contribution in [0.1, 0.15) is 50.6 Å². The van der Waals surface area contributed by atoms with Crippen molar-refractivity contribution < 1.29 is 9.59 Å². The van der Waals surface area contributed by atoms with Crippen molar-refractivity contribution in [1.29, 1.82) is 0 Å². The molecule has 0 radical (unpaired) electrons. The third-order valence-corrected chi connectivity index (χ3v) is 7.77. The molecule has 1 spiro atoms. The summed E-state index contributed by atoms with van der Waals surface area (Å²) < 4.78 is 0. The Hall–Kier alpha value is -1.93. The molecule has 5 rings (SSSR count). The van der Waals surface area contributed by atoms with E-state index in [9.17, 15) is 9.59 Å². The summed E-state index contributed by atoms with van der Waals surface area (Å²) in [7, 11) is 2.17. The van der Waals surface area contributed by atoms with E-state index in [1.165, 1.54) is 19.3 Å². The molecule has 0 unspecified atom stereocenters. The molecule has 0 bridgehead atoms. The SMILES string of the molecule is CN(C1CCC1)[C@H]1C[C@H]2C(=O)NC3(CCN(Cc4cnc[nH]4)CC3)CC(=O)N2C1. The number of rotatable bonds is 4. The third-order valence-electron chi connectivity index (χ3n) is 7.77. The molecule has 2 atom stereocenters. The number of hydrogen-bond donors (Lipinski definition) is 2. The summed E-state index contributed by atoms with van der Waals surface area (Å²) >= 11 is 0. The van der Waals surface area contributed by atoms with Crippen LogP contribution in [-0.4, -0.2) is 86.8 Å². The van der Waals surface area contributed by atoms with Crippen molar-refractivity contribution in [2.24, 2.45) is 0 Å². The normalized spacial score (nSPS) is 30.3. The third kappa shape index (κ3) is 3.57. The van der Waals surface area contributed by atoms with Crippen LogP contribution in [0, 0.1) is 0 Å². The lowest BCUT2D eigenvalue weighted by atomic mass is 9.84. The molecule has 8 nitrogen and oxygen atoms in total. The van der Waals surface area contributed by atoms with E-state index in [0.29, 0.717) is 25.0 Å². The van der Waals surface area contributed by atoms with Gasteiger partial charge in [0.2, 0.25) is 11.8 Å². The van der Waals surface area contributed by atoms with Crippen LogP contribution in [0.4, 0.5) is 0 Å². The van der Waals surface area contributed by atoms with Gasteiger partial charge in [0.25, 0.3) is 0 Å². The molecule has 4 heterocycles. The van der Waals surface area contributed by atoms with Gasteiger partial charge in [0.15, 0.2) is 0 Å². The van der Waals surface area contributed by atoms with Crippen LogP contribution in [0.3, 0.4) is 0 Å². The number of carbonyl (C=O) groups is 2. The second-order valence-corrected chi connectivity index (χ2v) is 9.50. The molecular weight excluding hydrogens is 368 g/mol. The van der Waals surface area contributed by atoms with Crippen molar-refractivity contribution >= 4 is 11.8 Å². The number of amides is 2. The molecule has 8 heteroatoms. The van der Waals surface area contributed by atoms with Crippen LogP contribution >= 0.6 is 0 Å². The zero-order valence-corrected chi connectivity index (χ0v) is 17.3. The van der Waals surface area contributed by atoms with Crippen molar-refractivity contribution in [3.63, 3.8) is 0 Å². The van der Waals surface area contributed by atoms with E-state index in [2.05, 4.69) is 32.1 Å². The minimum Gasteiger partial charge on any atom is -0.348 e. The first-order valence-corrected chi connectivity index (χ1v) is 11.1. The van der Waals surface area contributed by atoms with Gasteiger partial charge in [-0.2, -0.15) is 0 Å². The van der Waals surface area contributed by atoms with Gasteiger partial charge in [-0.3, -0.25) is 19.4 Å². The molecule has 2 N–H and O–H groups in total. The maximum absolute atomic E-state index is 13.2. The zero-order valence-electron chi connectivity index (χ0n) is 17.3. The molecule has 4 fully saturated rings. The van der Waals surface area contributed by atoms with E-state index in [-0.39, 0.29) is 23.4 Å². The molecule has 1 aromatic rings. The minimum absolute atomic E-state index is 0.0578.